The number of alkyl halides is 5. The van der Waals surface area contributed by atoms with Crippen LogP contribution in [0.4, 0.5) is 22.0 Å². The van der Waals surface area contributed by atoms with E-state index in [-0.39, 0.29) is 17.9 Å². The first-order valence-electron chi connectivity index (χ1n) is 6.71. The van der Waals surface area contributed by atoms with Crippen LogP contribution in [0.5, 0.6) is 0 Å². The Bertz CT molecular complexity index is 821. The molecule has 132 valence electrons. The number of ether oxygens (including phenoxy) is 1. The van der Waals surface area contributed by atoms with Crippen molar-refractivity contribution in [3.8, 4) is 11.8 Å². The number of carbonyl (C=O) groups is 1. The van der Waals surface area contributed by atoms with E-state index in [2.05, 4.69) is 15.0 Å². The molecule has 2 aromatic rings. The Morgan fingerprint density at radius 3 is 2.32 bits per heavy atom. The van der Waals surface area contributed by atoms with Gasteiger partial charge in [0.05, 0.1) is 23.9 Å². The lowest BCUT2D eigenvalue weighted by Crippen LogP contribution is -2.36. The summed E-state index contributed by atoms with van der Waals surface area (Å²) < 4.78 is 70.3. The largest absolute Gasteiger partial charge is 0.461 e. The number of carbonyl (C=O) groups excluding carboxylic acids is 1. The van der Waals surface area contributed by atoms with Gasteiger partial charge in [0.2, 0.25) is 0 Å². The number of halogens is 5. The lowest BCUT2D eigenvalue weighted by Gasteiger charge is -2.18. The first kappa shape index (κ1) is 18.3. The summed E-state index contributed by atoms with van der Waals surface area (Å²) in [5, 5.41) is 14.8. The summed E-state index contributed by atoms with van der Waals surface area (Å²) in [6, 6.07) is 6.78. The van der Waals surface area contributed by atoms with E-state index in [0.717, 1.165) is 0 Å². The van der Waals surface area contributed by atoms with Crippen LogP contribution in [0.15, 0.2) is 24.3 Å². The molecule has 0 amide bonds. The van der Waals surface area contributed by atoms with Gasteiger partial charge in [-0.05, 0) is 31.2 Å². The summed E-state index contributed by atoms with van der Waals surface area (Å²) in [4.78, 5) is 11.9. The monoisotopic (exact) mass is 360 g/mol. The van der Waals surface area contributed by atoms with E-state index in [4.69, 9.17) is 5.26 Å². The average molecular weight is 360 g/mol. The maximum Gasteiger partial charge on any atom is 0.459 e. The molecule has 0 aliphatic carbocycles. The molecule has 0 bridgehead atoms. The van der Waals surface area contributed by atoms with E-state index >= 15 is 0 Å². The van der Waals surface area contributed by atoms with Crippen LogP contribution in [-0.4, -0.2) is 33.7 Å². The second-order valence-electron chi connectivity index (χ2n) is 4.65. The number of hydrogen-bond acceptors (Lipinski definition) is 5. The van der Waals surface area contributed by atoms with Crippen molar-refractivity contribution < 1.29 is 31.5 Å². The van der Waals surface area contributed by atoms with E-state index < -0.39 is 29.5 Å². The predicted octanol–water partition coefficient (Wildman–Crippen LogP) is 2.97. The molecule has 0 unspecified atom stereocenters. The number of aromatic nitrogens is 3. The first-order valence-corrected chi connectivity index (χ1v) is 6.71. The van der Waals surface area contributed by atoms with Crippen molar-refractivity contribution in [1.82, 2.24) is 15.0 Å². The highest BCUT2D eigenvalue weighted by molar-refractivity contribution is 5.89. The normalized spacial score (nSPS) is 11.9. The quantitative estimate of drug-likeness (QED) is 0.619. The molecule has 25 heavy (non-hydrogen) atoms. The molecule has 2 rings (SSSR count). The van der Waals surface area contributed by atoms with Gasteiger partial charge < -0.3 is 4.74 Å². The fourth-order valence-electron chi connectivity index (χ4n) is 1.87. The molecule has 0 aliphatic rings. The van der Waals surface area contributed by atoms with Crippen LogP contribution >= 0.6 is 0 Å². The smallest absolute Gasteiger partial charge is 0.459 e. The van der Waals surface area contributed by atoms with Crippen LogP contribution in [0.2, 0.25) is 0 Å². The van der Waals surface area contributed by atoms with Gasteiger partial charge in [-0.25, -0.2) is 9.48 Å². The van der Waals surface area contributed by atoms with Crippen LogP contribution in [0.25, 0.3) is 5.69 Å². The van der Waals surface area contributed by atoms with Gasteiger partial charge in [0.25, 0.3) is 0 Å². The highest BCUT2D eigenvalue weighted by Gasteiger charge is 2.62. The van der Waals surface area contributed by atoms with E-state index in [1.165, 1.54) is 31.2 Å². The second-order valence-corrected chi connectivity index (χ2v) is 4.65. The summed E-state index contributed by atoms with van der Waals surface area (Å²) >= 11 is 0. The number of nitrogens with zero attached hydrogens (tertiary/aromatic N) is 4. The topological polar surface area (TPSA) is 80.8 Å². The van der Waals surface area contributed by atoms with Crippen LogP contribution < -0.4 is 0 Å². The van der Waals surface area contributed by atoms with Crippen LogP contribution in [0.3, 0.4) is 0 Å². The van der Waals surface area contributed by atoms with E-state index in [9.17, 15) is 26.7 Å². The molecular formula is C14H9F5N4O2. The summed E-state index contributed by atoms with van der Waals surface area (Å²) in [5.74, 6) is -6.84. The Balaban J connectivity index is 2.66. The lowest BCUT2D eigenvalue weighted by atomic mass is 10.1. The third-order valence-electron chi connectivity index (χ3n) is 3.03. The summed E-state index contributed by atoms with van der Waals surface area (Å²) in [6.07, 6.45) is -5.97. The van der Waals surface area contributed by atoms with Crippen molar-refractivity contribution in [1.29, 1.82) is 5.26 Å². The van der Waals surface area contributed by atoms with Gasteiger partial charge in [-0.15, -0.1) is 5.10 Å². The minimum Gasteiger partial charge on any atom is -0.461 e. The molecular weight excluding hydrogens is 351 g/mol. The zero-order chi connectivity index (χ0) is 18.8. The molecule has 0 fully saturated rings. The Morgan fingerprint density at radius 2 is 1.84 bits per heavy atom. The van der Waals surface area contributed by atoms with Gasteiger partial charge in [0.15, 0.2) is 11.4 Å². The number of nitriles is 1. The van der Waals surface area contributed by atoms with Crippen molar-refractivity contribution in [2.75, 3.05) is 6.61 Å². The first-order chi connectivity index (χ1) is 11.6. The fourth-order valence-corrected chi connectivity index (χ4v) is 1.87. The standard InChI is InChI=1S/C14H9F5N4O2/c1-2-25-12(24)10-11(13(15,16)14(17,18)19)21-22-23(10)9-5-3-8(7-20)4-6-9/h3-6H,2H2,1H3. The van der Waals surface area contributed by atoms with E-state index in [1.807, 2.05) is 0 Å². The van der Waals surface area contributed by atoms with Crippen molar-refractivity contribution >= 4 is 5.97 Å². The second kappa shape index (κ2) is 6.46. The van der Waals surface area contributed by atoms with E-state index in [0.29, 0.717) is 4.68 Å². The van der Waals surface area contributed by atoms with Crippen molar-refractivity contribution in [3.05, 3.63) is 41.2 Å². The molecule has 11 heteroatoms. The fraction of sp³-hybridized carbons (Fsp3) is 0.286. The molecule has 0 spiro atoms. The highest BCUT2D eigenvalue weighted by atomic mass is 19.4. The number of hydrogen-bond donors (Lipinski definition) is 0. The summed E-state index contributed by atoms with van der Waals surface area (Å²) in [7, 11) is 0. The van der Waals surface area contributed by atoms with Crippen LogP contribution in [-0.2, 0) is 10.7 Å². The molecule has 0 radical (unpaired) electrons. The highest BCUT2D eigenvalue weighted by Crippen LogP contribution is 2.44. The SMILES string of the molecule is CCOC(=O)c1c(C(F)(F)C(F)(F)F)nnn1-c1ccc(C#N)cc1. The molecule has 0 N–H and O–H groups in total. The van der Waals surface area contributed by atoms with Crippen LogP contribution in [0.1, 0.15) is 28.7 Å². The zero-order valence-electron chi connectivity index (χ0n) is 12.5. The van der Waals surface area contributed by atoms with Crippen LogP contribution in [0, 0.1) is 11.3 Å². The molecule has 1 aromatic heterocycles. The Kier molecular flexibility index (Phi) is 4.73. The van der Waals surface area contributed by atoms with Gasteiger partial charge in [-0.2, -0.15) is 27.2 Å². The summed E-state index contributed by atoms with van der Waals surface area (Å²) in [6.45, 7) is 1.10. The van der Waals surface area contributed by atoms with Gasteiger partial charge >= 0.3 is 18.1 Å². The molecule has 1 aromatic carbocycles. The van der Waals surface area contributed by atoms with Gasteiger partial charge in [0, 0.05) is 0 Å². The Labute approximate surface area is 137 Å². The number of esters is 1. The minimum atomic E-state index is -5.97. The van der Waals surface area contributed by atoms with Crippen molar-refractivity contribution in [2.45, 2.75) is 19.0 Å². The third kappa shape index (κ3) is 3.28. The number of rotatable bonds is 4. The molecule has 0 aliphatic heterocycles. The Hall–Kier alpha value is -3.03. The lowest BCUT2D eigenvalue weighted by molar-refractivity contribution is -0.291. The Morgan fingerprint density at radius 1 is 1.24 bits per heavy atom. The molecule has 1 heterocycles. The van der Waals surface area contributed by atoms with E-state index in [1.54, 1.807) is 6.07 Å². The summed E-state index contributed by atoms with van der Waals surface area (Å²) in [5.41, 5.74) is -2.84. The minimum absolute atomic E-state index is 0.0428. The van der Waals surface area contributed by atoms with Gasteiger partial charge in [-0.3, -0.25) is 0 Å². The zero-order valence-corrected chi connectivity index (χ0v) is 12.5. The van der Waals surface area contributed by atoms with Gasteiger partial charge in [0.1, 0.15) is 0 Å². The van der Waals surface area contributed by atoms with Crippen molar-refractivity contribution in [2.24, 2.45) is 0 Å². The van der Waals surface area contributed by atoms with Gasteiger partial charge in [-0.1, -0.05) is 5.21 Å². The number of benzene rings is 1. The maximum atomic E-state index is 13.7. The maximum absolute atomic E-state index is 13.7. The van der Waals surface area contributed by atoms with Crippen molar-refractivity contribution in [3.63, 3.8) is 0 Å². The third-order valence-corrected chi connectivity index (χ3v) is 3.03. The predicted molar refractivity (Wildman–Crippen MR) is 72.0 cm³/mol. The molecule has 0 saturated heterocycles. The molecule has 6 nitrogen and oxygen atoms in total. The molecule has 0 atom stereocenters. The molecule has 0 saturated carbocycles. The average Bonchev–Trinajstić information content (AvgIpc) is 2.99.